The third kappa shape index (κ3) is 2.99. The summed E-state index contributed by atoms with van der Waals surface area (Å²) in [4.78, 5) is 4.40. The Morgan fingerprint density at radius 1 is 1.46 bits per heavy atom. The number of aryl methyl sites for hydroxylation is 2. The average molecular weight is 244 g/mol. The minimum Gasteiger partial charge on any atom is -0.491 e. The Morgan fingerprint density at radius 2 is 2.23 bits per heavy atom. The minimum absolute atomic E-state index is 0.692. The Hall–Kier alpha value is -0.570. The third-order valence-corrected chi connectivity index (χ3v) is 2.06. The van der Waals surface area contributed by atoms with Crippen molar-refractivity contribution in [1.82, 2.24) is 4.98 Å². The summed E-state index contributed by atoms with van der Waals surface area (Å²) < 4.78 is 5.52. The van der Waals surface area contributed by atoms with Gasteiger partial charge in [0.05, 0.1) is 12.3 Å². The van der Waals surface area contributed by atoms with Gasteiger partial charge in [-0.3, -0.25) is 4.98 Å². The molecule has 0 amide bonds. The molecule has 0 aliphatic heterocycles. The van der Waals surface area contributed by atoms with Crippen molar-refractivity contribution in [2.75, 3.05) is 11.9 Å². The number of aromatic nitrogens is 1. The topological polar surface area (TPSA) is 22.1 Å². The van der Waals surface area contributed by atoms with Gasteiger partial charge in [0.15, 0.2) is 0 Å². The van der Waals surface area contributed by atoms with Gasteiger partial charge in [-0.15, -0.1) is 0 Å². The maximum Gasteiger partial charge on any atom is 0.140 e. The zero-order valence-corrected chi connectivity index (χ0v) is 9.60. The van der Waals surface area contributed by atoms with Gasteiger partial charge in [-0.2, -0.15) is 0 Å². The summed E-state index contributed by atoms with van der Waals surface area (Å²) >= 11 is 3.32. The Kier molecular flexibility index (Phi) is 4.22. The number of rotatable bonds is 4. The number of pyridine rings is 1. The minimum atomic E-state index is 0.692. The van der Waals surface area contributed by atoms with E-state index in [1.807, 2.05) is 19.1 Å². The number of hydrogen-bond acceptors (Lipinski definition) is 2. The van der Waals surface area contributed by atoms with Gasteiger partial charge in [0.25, 0.3) is 0 Å². The van der Waals surface area contributed by atoms with Crippen molar-refractivity contribution in [2.24, 2.45) is 0 Å². The van der Waals surface area contributed by atoms with Gasteiger partial charge < -0.3 is 4.74 Å². The maximum atomic E-state index is 5.52. The van der Waals surface area contributed by atoms with E-state index in [0.717, 1.165) is 28.9 Å². The maximum absolute atomic E-state index is 5.52. The zero-order chi connectivity index (χ0) is 9.68. The van der Waals surface area contributed by atoms with Crippen molar-refractivity contribution in [3.63, 3.8) is 0 Å². The molecule has 0 aliphatic carbocycles. The van der Waals surface area contributed by atoms with Crippen LogP contribution in [0.4, 0.5) is 0 Å². The highest BCUT2D eigenvalue weighted by atomic mass is 79.9. The smallest absolute Gasteiger partial charge is 0.140 e. The predicted octanol–water partition coefficient (Wildman–Crippen LogP) is 2.73. The zero-order valence-electron chi connectivity index (χ0n) is 8.01. The quantitative estimate of drug-likeness (QED) is 0.760. The van der Waals surface area contributed by atoms with Crippen molar-refractivity contribution < 1.29 is 4.74 Å². The molecule has 0 saturated carbocycles. The predicted molar refractivity (Wildman–Crippen MR) is 57.6 cm³/mol. The van der Waals surface area contributed by atoms with Crippen LogP contribution in [0.1, 0.15) is 18.3 Å². The van der Waals surface area contributed by atoms with Gasteiger partial charge in [-0.25, -0.2) is 0 Å². The number of nitrogens with zero attached hydrogens (tertiary/aromatic N) is 1. The molecule has 2 nitrogen and oxygen atoms in total. The average Bonchev–Trinajstić information content (AvgIpc) is 2.16. The highest BCUT2D eigenvalue weighted by Gasteiger charge is 2.02. The van der Waals surface area contributed by atoms with E-state index in [4.69, 9.17) is 4.74 Å². The molecule has 0 radical (unpaired) electrons. The first-order chi connectivity index (χ1) is 6.27. The summed E-state index contributed by atoms with van der Waals surface area (Å²) in [5.74, 6) is 0.910. The Bertz CT molecular complexity index is 276. The molecule has 0 aromatic carbocycles. The highest BCUT2D eigenvalue weighted by Crippen LogP contribution is 2.17. The molecular formula is C10H14BrNO. The van der Waals surface area contributed by atoms with Gasteiger partial charge in [0.2, 0.25) is 0 Å². The standard InChI is InChI=1S/C10H14BrNO/c1-3-9-10(13-7-6-11)5-4-8(2)12-9/h4-5H,3,6-7H2,1-2H3. The van der Waals surface area contributed by atoms with Crippen LogP contribution in [0.15, 0.2) is 12.1 Å². The SMILES string of the molecule is CCc1nc(C)ccc1OCCBr. The van der Waals surface area contributed by atoms with E-state index in [2.05, 4.69) is 27.8 Å². The molecule has 0 N–H and O–H groups in total. The van der Waals surface area contributed by atoms with Gasteiger partial charge >= 0.3 is 0 Å². The molecule has 0 spiro atoms. The van der Waals surface area contributed by atoms with Crippen LogP contribution in [-0.2, 0) is 6.42 Å². The second kappa shape index (κ2) is 5.22. The first kappa shape index (κ1) is 10.5. The number of halogens is 1. The van der Waals surface area contributed by atoms with E-state index in [9.17, 15) is 0 Å². The molecule has 0 atom stereocenters. The molecule has 13 heavy (non-hydrogen) atoms. The summed E-state index contributed by atoms with van der Waals surface area (Å²) in [6, 6.07) is 3.96. The molecule has 3 heteroatoms. The summed E-state index contributed by atoms with van der Waals surface area (Å²) in [5, 5.41) is 0.851. The fourth-order valence-corrected chi connectivity index (χ4v) is 1.29. The lowest BCUT2D eigenvalue weighted by molar-refractivity contribution is 0.339. The molecule has 0 aliphatic rings. The lowest BCUT2D eigenvalue weighted by atomic mass is 10.2. The first-order valence-electron chi connectivity index (χ1n) is 4.43. The fourth-order valence-electron chi connectivity index (χ4n) is 1.13. The first-order valence-corrected chi connectivity index (χ1v) is 5.55. The molecule has 1 heterocycles. The van der Waals surface area contributed by atoms with Gasteiger partial charge in [0.1, 0.15) is 5.75 Å². The monoisotopic (exact) mass is 243 g/mol. The van der Waals surface area contributed by atoms with Gasteiger partial charge in [-0.05, 0) is 25.5 Å². The molecule has 0 bridgehead atoms. The van der Waals surface area contributed by atoms with Crippen molar-refractivity contribution in [3.05, 3.63) is 23.5 Å². The van der Waals surface area contributed by atoms with E-state index in [1.54, 1.807) is 0 Å². The normalized spacial score (nSPS) is 10.1. The van der Waals surface area contributed by atoms with Crippen LogP contribution in [0, 0.1) is 6.92 Å². The second-order valence-corrected chi connectivity index (χ2v) is 3.58. The summed E-state index contributed by atoms with van der Waals surface area (Å²) in [7, 11) is 0. The molecule has 1 aromatic rings. The van der Waals surface area contributed by atoms with Crippen LogP contribution >= 0.6 is 15.9 Å². The van der Waals surface area contributed by atoms with Crippen LogP contribution in [-0.4, -0.2) is 16.9 Å². The largest absolute Gasteiger partial charge is 0.491 e. The van der Waals surface area contributed by atoms with Crippen molar-refractivity contribution in [1.29, 1.82) is 0 Å². The van der Waals surface area contributed by atoms with Crippen LogP contribution in [0.2, 0.25) is 0 Å². The van der Waals surface area contributed by atoms with E-state index < -0.39 is 0 Å². The lowest BCUT2D eigenvalue weighted by Gasteiger charge is -2.08. The Balaban J connectivity index is 2.79. The molecule has 0 unspecified atom stereocenters. The van der Waals surface area contributed by atoms with E-state index in [1.165, 1.54) is 0 Å². The van der Waals surface area contributed by atoms with E-state index in [0.29, 0.717) is 6.61 Å². The van der Waals surface area contributed by atoms with Crippen LogP contribution < -0.4 is 4.74 Å². The summed E-state index contributed by atoms with van der Waals surface area (Å²) in [5.41, 5.74) is 2.09. The van der Waals surface area contributed by atoms with Crippen molar-refractivity contribution in [2.45, 2.75) is 20.3 Å². The van der Waals surface area contributed by atoms with E-state index >= 15 is 0 Å². The number of ether oxygens (including phenoxy) is 1. The molecule has 0 saturated heterocycles. The van der Waals surface area contributed by atoms with Gasteiger partial charge in [-0.1, -0.05) is 22.9 Å². The summed E-state index contributed by atoms with van der Waals surface area (Å²) in [6.07, 6.45) is 0.916. The third-order valence-electron chi connectivity index (χ3n) is 1.74. The molecule has 1 aromatic heterocycles. The van der Waals surface area contributed by atoms with Crippen molar-refractivity contribution >= 4 is 15.9 Å². The number of hydrogen-bond donors (Lipinski definition) is 0. The van der Waals surface area contributed by atoms with Crippen LogP contribution in [0.3, 0.4) is 0 Å². The Morgan fingerprint density at radius 3 is 2.85 bits per heavy atom. The number of alkyl halides is 1. The van der Waals surface area contributed by atoms with E-state index in [-0.39, 0.29) is 0 Å². The summed E-state index contributed by atoms with van der Waals surface area (Å²) in [6.45, 7) is 4.77. The van der Waals surface area contributed by atoms with Crippen molar-refractivity contribution in [3.8, 4) is 5.75 Å². The second-order valence-electron chi connectivity index (χ2n) is 2.79. The fraction of sp³-hybridized carbons (Fsp3) is 0.500. The highest BCUT2D eigenvalue weighted by molar-refractivity contribution is 9.09. The molecule has 0 fully saturated rings. The van der Waals surface area contributed by atoms with Crippen LogP contribution in [0.25, 0.3) is 0 Å². The molecule has 1 rings (SSSR count). The Labute approximate surface area is 87.5 Å². The van der Waals surface area contributed by atoms with Crippen LogP contribution in [0.5, 0.6) is 5.75 Å². The molecule has 72 valence electrons. The lowest BCUT2D eigenvalue weighted by Crippen LogP contribution is -2.02. The molecular weight excluding hydrogens is 230 g/mol. The van der Waals surface area contributed by atoms with Gasteiger partial charge in [0, 0.05) is 11.0 Å².